The molecular formula is C17H27N6O7P. The maximum Gasteiger partial charge on any atom is 0.415 e. The van der Waals surface area contributed by atoms with E-state index >= 15 is 0 Å². The van der Waals surface area contributed by atoms with Crippen LogP contribution in [-0.2, 0) is 13.8 Å². The van der Waals surface area contributed by atoms with E-state index in [0.717, 1.165) is 23.8 Å². The lowest BCUT2D eigenvalue weighted by Gasteiger charge is -2.18. The third-order valence-corrected chi connectivity index (χ3v) is 6.01. The molecule has 172 valence electrons. The highest BCUT2D eigenvalue weighted by molar-refractivity contribution is 7.70. The summed E-state index contributed by atoms with van der Waals surface area (Å²) in [5, 5.41) is 5.96. The van der Waals surface area contributed by atoms with Crippen LogP contribution in [-0.4, -0.2) is 45.4 Å². The van der Waals surface area contributed by atoms with E-state index in [9.17, 15) is 23.8 Å². The van der Waals surface area contributed by atoms with Gasteiger partial charge in [-0.25, -0.2) is 9.36 Å². The third-order valence-electron chi connectivity index (χ3n) is 4.84. The van der Waals surface area contributed by atoms with Crippen molar-refractivity contribution >= 4 is 13.2 Å². The van der Waals surface area contributed by atoms with Crippen LogP contribution >= 0.6 is 7.60 Å². The minimum Gasteiger partial charge on any atom is -0.352 e. The number of azide groups is 1. The van der Waals surface area contributed by atoms with Gasteiger partial charge in [0.2, 0.25) is 0 Å². The molecule has 1 aliphatic heterocycles. The molecule has 0 saturated carbocycles. The summed E-state index contributed by atoms with van der Waals surface area (Å²) in [6, 6.07) is -0.814. The summed E-state index contributed by atoms with van der Waals surface area (Å²) in [6.07, 6.45) is 3.11. The fraction of sp³-hybridized carbons (Fsp3) is 0.706. The zero-order valence-corrected chi connectivity index (χ0v) is 18.3. The molecule has 1 saturated heterocycles. The first kappa shape index (κ1) is 24.8. The van der Waals surface area contributed by atoms with Crippen LogP contribution in [0, 0.1) is 6.92 Å². The summed E-state index contributed by atoms with van der Waals surface area (Å²) in [5.74, 6) is 0. The predicted octanol–water partition coefficient (Wildman–Crippen LogP) is 2.30. The highest BCUT2D eigenvalue weighted by Gasteiger charge is 2.39. The van der Waals surface area contributed by atoms with E-state index < -0.39 is 49.5 Å². The minimum atomic E-state index is -4.63. The van der Waals surface area contributed by atoms with E-state index in [1.54, 1.807) is 0 Å². The lowest BCUT2D eigenvalue weighted by Crippen LogP contribution is -2.33. The number of hydrogen-bond acceptors (Lipinski definition) is 7. The Morgan fingerprint density at radius 3 is 2.90 bits per heavy atom. The Labute approximate surface area is 177 Å². The van der Waals surface area contributed by atoms with Crippen molar-refractivity contribution in [2.24, 2.45) is 5.11 Å². The van der Waals surface area contributed by atoms with Crippen LogP contribution in [0.3, 0.4) is 0 Å². The molecule has 0 aromatic carbocycles. The normalized spacial score (nSPS) is 22.5. The molecule has 1 aliphatic rings. The van der Waals surface area contributed by atoms with Gasteiger partial charge in [0.1, 0.15) is 6.23 Å². The Morgan fingerprint density at radius 2 is 2.23 bits per heavy atom. The van der Waals surface area contributed by atoms with Crippen LogP contribution < -0.4 is 16.6 Å². The van der Waals surface area contributed by atoms with Crippen molar-refractivity contribution < 1.29 is 23.5 Å². The number of carbonyl (C=O) groups excluding carboxylic acids is 1. The molecule has 13 nitrogen and oxygen atoms in total. The highest BCUT2D eigenvalue weighted by Crippen LogP contribution is 2.44. The second kappa shape index (κ2) is 11.3. The maximum absolute atomic E-state index is 12.2. The largest absolute Gasteiger partial charge is 0.415 e. The molecule has 0 spiro atoms. The van der Waals surface area contributed by atoms with Gasteiger partial charge in [0.05, 0.1) is 18.8 Å². The number of carbonyl (C=O) groups is 1. The Kier molecular flexibility index (Phi) is 9.02. The summed E-state index contributed by atoms with van der Waals surface area (Å²) < 4.78 is 24.0. The number of nitrogens with one attached hydrogen (secondary N) is 2. The fourth-order valence-corrected chi connectivity index (χ4v) is 3.88. The van der Waals surface area contributed by atoms with Crippen molar-refractivity contribution in [1.82, 2.24) is 14.9 Å². The molecule has 1 aromatic heterocycles. The number of aromatic amines is 1. The van der Waals surface area contributed by atoms with Crippen molar-refractivity contribution in [1.29, 1.82) is 0 Å². The molecule has 3 N–H and O–H groups in total. The minimum absolute atomic E-state index is 0.0723. The first-order valence-electron chi connectivity index (χ1n) is 9.97. The summed E-state index contributed by atoms with van der Waals surface area (Å²) in [6.45, 7) is 3.30. The van der Waals surface area contributed by atoms with Crippen molar-refractivity contribution in [3.05, 3.63) is 43.0 Å². The SMILES string of the molecule is CCCCCCNC(=O)P(=O)(O)OC[C@H]1O[C@@H](n2cc(C)c(=O)[nH]c2=O)C[C@@H]1N=[N+]=[N-]. The van der Waals surface area contributed by atoms with Crippen LogP contribution in [0.1, 0.15) is 50.8 Å². The number of aryl methyl sites for hydroxylation is 1. The smallest absolute Gasteiger partial charge is 0.352 e. The van der Waals surface area contributed by atoms with Gasteiger partial charge in [0.15, 0.2) is 0 Å². The van der Waals surface area contributed by atoms with E-state index in [2.05, 4.69) is 20.3 Å². The van der Waals surface area contributed by atoms with Crippen LogP contribution in [0.15, 0.2) is 20.9 Å². The molecule has 1 aromatic rings. The number of rotatable bonds is 11. The fourth-order valence-electron chi connectivity index (χ4n) is 3.10. The topological polar surface area (TPSA) is 188 Å². The average Bonchev–Trinajstić information content (AvgIpc) is 3.11. The van der Waals surface area contributed by atoms with Gasteiger partial charge in [-0.1, -0.05) is 31.3 Å². The van der Waals surface area contributed by atoms with Gasteiger partial charge < -0.3 is 14.9 Å². The number of ether oxygens (including phenoxy) is 1. The lowest BCUT2D eigenvalue weighted by molar-refractivity contribution is -0.0235. The molecular weight excluding hydrogens is 431 g/mol. The molecule has 31 heavy (non-hydrogen) atoms. The third kappa shape index (κ3) is 6.78. The zero-order chi connectivity index (χ0) is 23.0. The standard InChI is InChI=1S/C17H27N6O7P/c1-3-4-5-6-7-19-17(26)31(27,28)29-10-13-12(21-22-18)8-14(30-13)23-9-11(2)15(24)20-16(23)25/h9,12-14H,3-8,10H2,1-2H3,(H,19,26)(H,27,28)(H,20,24,25)/t12-,13+,14+/m0/s1. The van der Waals surface area contributed by atoms with Crippen LogP contribution in [0.25, 0.3) is 10.4 Å². The average molecular weight is 458 g/mol. The van der Waals surface area contributed by atoms with Gasteiger partial charge >= 0.3 is 18.9 Å². The van der Waals surface area contributed by atoms with E-state index in [1.165, 1.54) is 13.1 Å². The monoisotopic (exact) mass is 458 g/mol. The van der Waals surface area contributed by atoms with Gasteiger partial charge in [-0.2, -0.15) is 0 Å². The summed E-state index contributed by atoms with van der Waals surface area (Å²) >= 11 is 0. The molecule has 2 heterocycles. The van der Waals surface area contributed by atoms with E-state index in [1.807, 2.05) is 6.92 Å². The van der Waals surface area contributed by atoms with Crippen LogP contribution in [0.4, 0.5) is 4.79 Å². The molecule has 0 aliphatic carbocycles. The van der Waals surface area contributed by atoms with Crippen molar-refractivity contribution in [3.63, 3.8) is 0 Å². The molecule has 2 rings (SSSR count). The summed E-state index contributed by atoms with van der Waals surface area (Å²) in [7, 11) is -4.63. The second-order valence-electron chi connectivity index (χ2n) is 7.22. The molecule has 14 heteroatoms. The maximum atomic E-state index is 12.2. The van der Waals surface area contributed by atoms with E-state index in [-0.39, 0.29) is 18.5 Å². The Hall–Kier alpha value is -2.43. The van der Waals surface area contributed by atoms with Crippen LogP contribution in [0.2, 0.25) is 0 Å². The molecule has 1 unspecified atom stereocenters. The Bertz CT molecular complexity index is 986. The molecule has 0 radical (unpaired) electrons. The molecule has 4 atom stereocenters. The number of hydrogen-bond donors (Lipinski definition) is 3. The number of H-pyrrole nitrogens is 1. The predicted molar refractivity (Wildman–Crippen MR) is 111 cm³/mol. The Morgan fingerprint density at radius 1 is 1.48 bits per heavy atom. The lowest BCUT2D eigenvalue weighted by atomic mass is 10.1. The Balaban J connectivity index is 2.01. The van der Waals surface area contributed by atoms with E-state index in [0.29, 0.717) is 6.42 Å². The van der Waals surface area contributed by atoms with Crippen molar-refractivity contribution in [2.75, 3.05) is 13.2 Å². The second-order valence-corrected chi connectivity index (χ2v) is 8.93. The number of unbranched alkanes of at least 4 members (excludes halogenated alkanes) is 3. The van der Waals surface area contributed by atoms with Gasteiger partial charge in [-0.15, -0.1) is 0 Å². The zero-order valence-electron chi connectivity index (χ0n) is 17.4. The molecule has 0 bridgehead atoms. The number of nitrogens with zero attached hydrogens (tertiary/aromatic N) is 4. The van der Waals surface area contributed by atoms with Gasteiger partial charge in [0, 0.05) is 29.6 Å². The number of amides is 1. The molecule has 1 fully saturated rings. The highest BCUT2D eigenvalue weighted by atomic mass is 31.2. The summed E-state index contributed by atoms with van der Waals surface area (Å²) in [5.41, 5.74) is 6.70. The van der Waals surface area contributed by atoms with Crippen molar-refractivity contribution in [3.8, 4) is 0 Å². The van der Waals surface area contributed by atoms with Gasteiger partial charge in [-0.05, 0) is 18.9 Å². The van der Waals surface area contributed by atoms with Gasteiger partial charge in [0.25, 0.3) is 5.56 Å². The molecule has 1 amide bonds. The summed E-state index contributed by atoms with van der Waals surface area (Å²) in [4.78, 5) is 50.4. The van der Waals surface area contributed by atoms with Crippen LogP contribution in [0.5, 0.6) is 0 Å². The van der Waals surface area contributed by atoms with Gasteiger partial charge in [-0.3, -0.25) is 23.7 Å². The first-order valence-corrected chi connectivity index (χ1v) is 11.5. The number of aromatic nitrogens is 2. The van der Waals surface area contributed by atoms with Crippen molar-refractivity contribution in [2.45, 2.75) is 64.3 Å². The first-order chi connectivity index (χ1) is 14.7. The van der Waals surface area contributed by atoms with E-state index in [4.69, 9.17) is 14.8 Å². The quantitative estimate of drug-likeness (QED) is 0.149.